The molecule has 0 saturated heterocycles. The molecular formula is C23H20FN3S2. The van der Waals surface area contributed by atoms with Gasteiger partial charge in [-0.15, -0.1) is 23.5 Å². The van der Waals surface area contributed by atoms with Gasteiger partial charge in [0, 0.05) is 40.4 Å². The van der Waals surface area contributed by atoms with E-state index in [0.29, 0.717) is 0 Å². The molecule has 146 valence electrons. The molecule has 4 aromatic rings. The largest absolute Gasteiger partial charge is 0.345 e. The van der Waals surface area contributed by atoms with Crippen LogP contribution in [0.5, 0.6) is 0 Å². The molecule has 0 aliphatic carbocycles. The number of aromatic nitrogens is 3. The van der Waals surface area contributed by atoms with Crippen molar-refractivity contribution in [3.8, 4) is 22.5 Å². The molecule has 6 heteroatoms. The monoisotopic (exact) mass is 421 g/mol. The normalized spacial score (nSPS) is 11.0. The van der Waals surface area contributed by atoms with Crippen molar-refractivity contribution in [2.24, 2.45) is 0 Å². The Hall–Kier alpha value is -2.57. The zero-order chi connectivity index (χ0) is 20.1. The molecule has 0 radical (unpaired) electrons. The van der Waals surface area contributed by atoms with Gasteiger partial charge in [0.15, 0.2) is 0 Å². The Labute approximate surface area is 178 Å². The second-order valence-electron chi connectivity index (χ2n) is 6.46. The van der Waals surface area contributed by atoms with E-state index in [-0.39, 0.29) is 5.82 Å². The highest BCUT2D eigenvalue weighted by atomic mass is 32.2. The van der Waals surface area contributed by atoms with Crippen molar-refractivity contribution in [2.75, 3.05) is 12.0 Å². The van der Waals surface area contributed by atoms with Gasteiger partial charge in [0.25, 0.3) is 0 Å². The van der Waals surface area contributed by atoms with E-state index >= 15 is 0 Å². The van der Waals surface area contributed by atoms with Gasteiger partial charge >= 0.3 is 0 Å². The van der Waals surface area contributed by atoms with E-state index in [2.05, 4.69) is 51.5 Å². The zero-order valence-corrected chi connectivity index (χ0v) is 17.6. The summed E-state index contributed by atoms with van der Waals surface area (Å²) >= 11 is 3.48. The van der Waals surface area contributed by atoms with Crippen molar-refractivity contribution in [2.45, 2.75) is 16.3 Å². The number of aryl methyl sites for hydroxylation is 1. The van der Waals surface area contributed by atoms with Gasteiger partial charge in [-0.05, 0) is 54.1 Å². The second-order valence-corrected chi connectivity index (χ2v) is 8.45. The Bertz CT molecular complexity index is 1060. The highest BCUT2D eigenvalue weighted by Crippen LogP contribution is 2.32. The molecule has 0 aliphatic rings. The lowest BCUT2D eigenvalue weighted by atomic mass is 10.0. The van der Waals surface area contributed by atoms with Crippen molar-refractivity contribution >= 4 is 23.5 Å². The first kappa shape index (κ1) is 19.7. The minimum absolute atomic E-state index is 0.251. The Morgan fingerprint density at radius 3 is 2.45 bits per heavy atom. The molecule has 0 unspecified atom stereocenters. The number of nitrogens with one attached hydrogen (secondary N) is 1. The van der Waals surface area contributed by atoms with Gasteiger partial charge in [-0.2, -0.15) is 0 Å². The predicted octanol–water partition coefficient (Wildman–Crippen LogP) is 6.33. The number of aromatic amines is 1. The zero-order valence-electron chi connectivity index (χ0n) is 15.9. The van der Waals surface area contributed by atoms with Crippen molar-refractivity contribution in [1.82, 2.24) is 15.0 Å². The summed E-state index contributed by atoms with van der Waals surface area (Å²) in [6.45, 7) is 0. The van der Waals surface area contributed by atoms with Crippen LogP contribution in [0.3, 0.4) is 0 Å². The lowest BCUT2D eigenvalue weighted by Gasteiger charge is -2.10. The minimum Gasteiger partial charge on any atom is -0.345 e. The van der Waals surface area contributed by atoms with Crippen LogP contribution in [-0.4, -0.2) is 27.0 Å². The molecule has 2 aromatic heterocycles. The van der Waals surface area contributed by atoms with Crippen LogP contribution in [0.25, 0.3) is 22.5 Å². The van der Waals surface area contributed by atoms with E-state index < -0.39 is 0 Å². The standard InChI is InChI=1S/C23H20FN3S2/c1-28-19-8-2-16(3-9-19)10-13-29-22-14-20(23-25-11-12-26-23)21(15-27-22)17-4-6-18(24)7-5-17/h2-9,11-12,14-15H,10,13H2,1H3,(H,25,26). The van der Waals surface area contributed by atoms with Gasteiger partial charge in [-0.1, -0.05) is 24.3 Å². The van der Waals surface area contributed by atoms with Crippen LogP contribution in [0.2, 0.25) is 0 Å². The Morgan fingerprint density at radius 2 is 1.76 bits per heavy atom. The number of pyridine rings is 1. The SMILES string of the molecule is CSc1ccc(CCSc2cc(-c3ncc[nH]3)c(-c3ccc(F)cc3)cn2)cc1. The van der Waals surface area contributed by atoms with Crippen LogP contribution in [0.4, 0.5) is 4.39 Å². The van der Waals surface area contributed by atoms with E-state index in [4.69, 9.17) is 0 Å². The Kier molecular flexibility index (Phi) is 6.32. The van der Waals surface area contributed by atoms with Gasteiger partial charge < -0.3 is 4.98 Å². The third-order valence-corrected chi connectivity index (χ3v) is 6.26. The molecule has 3 nitrogen and oxygen atoms in total. The number of nitrogens with zero attached hydrogens (tertiary/aromatic N) is 2. The third-order valence-electron chi connectivity index (χ3n) is 4.59. The topological polar surface area (TPSA) is 41.6 Å². The first-order valence-electron chi connectivity index (χ1n) is 9.24. The smallest absolute Gasteiger partial charge is 0.138 e. The second kappa shape index (κ2) is 9.29. The number of thioether (sulfide) groups is 2. The highest BCUT2D eigenvalue weighted by molar-refractivity contribution is 7.99. The predicted molar refractivity (Wildman–Crippen MR) is 120 cm³/mol. The van der Waals surface area contributed by atoms with Crippen molar-refractivity contribution in [3.63, 3.8) is 0 Å². The van der Waals surface area contributed by atoms with Gasteiger partial charge in [-0.25, -0.2) is 14.4 Å². The van der Waals surface area contributed by atoms with Crippen molar-refractivity contribution in [3.05, 3.63) is 84.6 Å². The molecule has 0 spiro atoms. The Morgan fingerprint density at radius 1 is 0.966 bits per heavy atom. The number of H-pyrrole nitrogens is 1. The van der Waals surface area contributed by atoms with E-state index in [1.54, 1.807) is 48.1 Å². The van der Waals surface area contributed by atoms with E-state index in [1.807, 2.05) is 6.20 Å². The van der Waals surface area contributed by atoms with Gasteiger partial charge in [0.1, 0.15) is 11.6 Å². The van der Waals surface area contributed by atoms with Crippen molar-refractivity contribution < 1.29 is 4.39 Å². The van der Waals surface area contributed by atoms with Crippen LogP contribution < -0.4 is 0 Å². The maximum absolute atomic E-state index is 13.3. The lowest BCUT2D eigenvalue weighted by molar-refractivity contribution is 0.628. The summed E-state index contributed by atoms with van der Waals surface area (Å²) in [5.41, 5.74) is 4.13. The maximum Gasteiger partial charge on any atom is 0.138 e. The van der Waals surface area contributed by atoms with E-state index in [1.165, 1.54) is 22.6 Å². The molecule has 4 rings (SSSR count). The van der Waals surface area contributed by atoms with Gasteiger partial charge in [0.2, 0.25) is 0 Å². The average Bonchev–Trinajstić information content (AvgIpc) is 3.30. The van der Waals surface area contributed by atoms with Crippen LogP contribution in [0.15, 0.2) is 83.1 Å². The number of halogens is 1. The maximum atomic E-state index is 13.3. The summed E-state index contributed by atoms with van der Waals surface area (Å²) in [4.78, 5) is 13.5. The molecule has 1 N–H and O–H groups in total. The summed E-state index contributed by atoms with van der Waals surface area (Å²) in [7, 11) is 0. The van der Waals surface area contributed by atoms with Gasteiger partial charge in [0.05, 0.1) is 5.03 Å². The third kappa shape index (κ3) is 4.89. The molecule has 29 heavy (non-hydrogen) atoms. The first-order chi connectivity index (χ1) is 14.2. The first-order valence-corrected chi connectivity index (χ1v) is 11.5. The van der Waals surface area contributed by atoms with E-state index in [9.17, 15) is 4.39 Å². The number of hydrogen-bond donors (Lipinski definition) is 1. The fourth-order valence-corrected chi connectivity index (χ4v) is 4.33. The average molecular weight is 422 g/mol. The molecule has 2 aromatic carbocycles. The van der Waals surface area contributed by atoms with Gasteiger partial charge in [-0.3, -0.25) is 0 Å². The molecule has 2 heterocycles. The fourth-order valence-electron chi connectivity index (χ4n) is 3.05. The quantitative estimate of drug-likeness (QED) is 0.354. The molecule has 0 bridgehead atoms. The number of hydrogen-bond acceptors (Lipinski definition) is 4. The van der Waals surface area contributed by atoms with Crippen molar-refractivity contribution in [1.29, 1.82) is 0 Å². The lowest BCUT2D eigenvalue weighted by Crippen LogP contribution is -1.93. The van der Waals surface area contributed by atoms with Crippen LogP contribution in [0, 0.1) is 5.82 Å². The molecule has 0 amide bonds. The van der Waals surface area contributed by atoms with Crippen LogP contribution in [-0.2, 0) is 6.42 Å². The number of benzene rings is 2. The fraction of sp³-hybridized carbons (Fsp3) is 0.130. The molecule has 0 fully saturated rings. The van der Waals surface area contributed by atoms with E-state index in [0.717, 1.165) is 39.7 Å². The summed E-state index contributed by atoms with van der Waals surface area (Å²) < 4.78 is 13.3. The Balaban J connectivity index is 1.53. The van der Waals surface area contributed by atoms with Crippen LogP contribution in [0.1, 0.15) is 5.56 Å². The minimum atomic E-state index is -0.251. The molecule has 0 atom stereocenters. The summed E-state index contributed by atoms with van der Waals surface area (Å²) in [6.07, 6.45) is 8.45. The molecular weight excluding hydrogens is 401 g/mol. The molecule has 0 saturated carbocycles. The van der Waals surface area contributed by atoms with Crippen LogP contribution >= 0.6 is 23.5 Å². The number of rotatable bonds is 7. The number of imidazole rings is 1. The molecule has 0 aliphatic heterocycles. The summed E-state index contributed by atoms with van der Waals surface area (Å²) in [5, 5.41) is 0.947. The summed E-state index contributed by atoms with van der Waals surface area (Å²) in [6, 6.07) is 17.2. The summed E-state index contributed by atoms with van der Waals surface area (Å²) in [5.74, 6) is 1.47. The highest BCUT2D eigenvalue weighted by Gasteiger charge is 2.12.